The van der Waals surface area contributed by atoms with E-state index in [1.807, 2.05) is 18.2 Å². The van der Waals surface area contributed by atoms with Gasteiger partial charge >= 0.3 is 0 Å². The van der Waals surface area contributed by atoms with Crippen molar-refractivity contribution in [1.82, 2.24) is 9.88 Å². The summed E-state index contributed by atoms with van der Waals surface area (Å²) >= 11 is 0. The molecule has 0 unspecified atom stereocenters. The molecule has 0 aliphatic carbocycles. The van der Waals surface area contributed by atoms with Crippen molar-refractivity contribution in [3.05, 3.63) is 42.7 Å². The number of carbonyl (C=O) groups is 2. The lowest BCUT2D eigenvalue weighted by Crippen LogP contribution is -2.29. The summed E-state index contributed by atoms with van der Waals surface area (Å²) in [6, 6.07) is 5.72. The Balaban J connectivity index is 0.000000278. The summed E-state index contributed by atoms with van der Waals surface area (Å²) < 4.78 is 9.50. The molecule has 0 fully saturated rings. The van der Waals surface area contributed by atoms with Crippen molar-refractivity contribution in [2.75, 3.05) is 13.7 Å². The molecule has 4 nitrogen and oxygen atoms in total. The highest BCUT2D eigenvalue weighted by Gasteiger charge is 2.20. The molecule has 1 aliphatic heterocycles. The Morgan fingerprint density at radius 1 is 1.06 bits per heavy atom. The Morgan fingerprint density at radius 3 is 1.71 bits per heavy atom. The summed E-state index contributed by atoms with van der Waals surface area (Å²) in [6.07, 6.45) is 6.07. The molecular formula is C12H15FN2O2. The molecule has 1 aromatic heterocycles. The molecule has 0 saturated heterocycles. The first kappa shape index (κ1) is 15.0. The number of nitrogens with zero attached hydrogens (tertiary/aromatic N) is 2. The van der Waals surface area contributed by atoms with Crippen molar-refractivity contribution >= 4 is 11.8 Å². The van der Waals surface area contributed by atoms with Crippen LogP contribution in [0.5, 0.6) is 0 Å². The van der Waals surface area contributed by atoms with Crippen LogP contribution in [0.25, 0.3) is 0 Å². The number of alkyl halides is 1. The van der Waals surface area contributed by atoms with Crippen molar-refractivity contribution in [2.45, 2.75) is 6.92 Å². The summed E-state index contributed by atoms with van der Waals surface area (Å²) in [5.41, 5.74) is 0. The average Bonchev–Trinajstić information content (AvgIpc) is 2.74. The standard InChI is InChI=1S/C6H7NO2.C5H5N.CH3F/c1-2-7-5(8)3-4-6(7)9;1-2-4-6-5-3-1;1-2/h3-4H,2H2,1H3;1-5H;1H3/i;;2-1. The van der Waals surface area contributed by atoms with Gasteiger partial charge in [-0.3, -0.25) is 23.9 Å². The molecule has 0 radical (unpaired) electrons. The van der Waals surface area contributed by atoms with E-state index in [0.29, 0.717) is 13.7 Å². The van der Waals surface area contributed by atoms with Crippen LogP contribution in [0.1, 0.15) is 6.92 Å². The van der Waals surface area contributed by atoms with E-state index in [1.54, 1.807) is 19.3 Å². The number of carbonyl (C=O) groups excluding carboxylic acids is 2. The van der Waals surface area contributed by atoms with Gasteiger partial charge in [-0.05, 0) is 19.1 Å². The number of likely N-dealkylation sites (N-methyl/N-ethyl adjacent to an activating group) is 1. The molecule has 0 spiro atoms. The van der Waals surface area contributed by atoms with Gasteiger partial charge in [-0.15, -0.1) is 0 Å². The lowest BCUT2D eigenvalue weighted by atomic mass is 10.5. The second-order valence-corrected chi connectivity index (χ2v) is 2.78. The minimum absolute atomic E-state index is 0.206. The molecule has 2 amide bonds. The van der Waals surface area contributed by atoms with Crippen molar-refractivity contribution < 1.29 is 14.0 Å². The fourth-order valence-electron chi connectivity index (χ4n) is 1.06. The van der Waals surface area contributed by atoms with Crippen molar-refractivity contribution in [1.29, 1.82) is 0 Å². The number of halogens is 1. The molecule has 0 aromatic carbocycles. The Kier molecular flexibility index (Phi) is 8.10. The molecule has 17 heavy (non-hydrogen) atoms. The number of imide groups is 1. The van der Waals surface area contributed by atoms with E-state index in [2.05, 4.69) is 4.98 Å². The van der Waals surface area contributed by atoms with Crippen LogP contribution in [0.2, 0.25) is 0 Å². The number of hydrogen-bond donors (Lipinski definition) is 0. The predicted molar refractivity (Wildman–Crippen MR) is 62.8 cm³/mol. The molecule has 0 bridgehead atoms. The maximum atomic E-state index is 10.6. The highest BCUT2D eigenvalue weighted by atomic mass is 18.2. The van der Waals surface area contributed by atoms with E-state index >= 15 is 0 Å². The normalized spacial score (nSPS) is 12.5. The third kappa shape index (κ3) is 5.55. The monoisotopic (exact) mass is 237 g/mol. The first-order valence-electron chi connectivity index (χ1n) is 5.02. The van der Waals surface area contributed by atoms with Crippen molar-refractivity contribution in [2.24, 2.45) is 0 Å². The van der Waals surface area contributed by atoms with Crippen LogP contribution in [-0.4, -0.2) is 35.4 Å². The molecule has 0 atom stereocenters. The summed E-state index contributed by atoms with van der Waals surface area (Å²) in [5.74, 6) is -0.412. The topological polar surface area (TPSA) is 50.3 Å². The zero-order chi connectivity index (χ0) is 13.1. The van der Waals surface area contributed by atoms with Crippen molar-refractivity contribution in [3.8, 4) is 0 Å². The maximum absolute atomic E-state index is 10.6. The highest BCUT2D eigenvalue weighted by Crippen LogP contribution is 2.00. The zero-order valence-corrected chi connectivity index (χ0v) is 9.84. The van der Waals surface area contributed by atoms with Crippen LogP contribution in [0, 0.1) is 0 Å². The van der Waals surface area contributed by atoms with Crippen molar-refractivity contribution in [3.63, 3.8) is 0 Å². The number of pyridine rings is 1. The first-order valence-corrected chi connectivity index (χ1v) is 5.02. The quantitative estimate of drug-likeness (QED) is 0.697. The van der Waals surface area contributed by atoms with E-state index in [4.69, 9.17) is 0 Å². The molecule has 0 saturated carbocycles. The number of rotatable bonds is 1. The smallest absolute Gasteiger partial charge is 0.253 e. The van der Waals surface area contributed by atoms with Crippen LogP contribution in [-0.2, 0) is 9.59 Å². The van der Waals surface area contributed by atoms with Gasteiger partial charge in [-0.25, -0.2) is 0 Å². The van der Waals surface area contributed by atoms with Crippen LogP contribution < -0.4 is 0 Å². The molecule has 1 aliphatic rings. The fraction of sp³-hybridized carbons (Fsp3) is 0.250. The Bertz CT molecular complexity index is 321. The van der Waals surface area contributed by atoms with E-state index in [1.165, 1.54) is 17.1 Å². The summed E-state index contributed by atoms with van der Waals surface area (Å²) in [4.78, 5) is 26.2. The number of aromatic nitrogens is 1. The summed E-state index contributed by atoms with van der Waals surface area (Å²) in [5, 5.41) is 0. The highest BCUT2D eigenvalue weighted by molar-refractivity contribution is 6.12. The lowest BCUT2D eigenvalue weighted by molar-refractivity contribution is -0.136. The van der Waals surface area contributed by atoms with Gasteiger partial charge in [0, 0.05) is 31.1 Å². The third-order valence-electron chi connectivity index (χ3n) is 1.78. The molecule has 0 N–H and O–H groups in total. The van der Waals surface area contributed by atoms with Gasteiger partial charge in [-0.1, -0.05) is 6.07 Å². The van der Waals surface area contributed by atoms with Crippen LogP contribution >= 0.6 is 0 Å². The Hall–Kier alpha value is -2.04. The molecule has 5 heteroatoms. The minimum atomic E-state index is -0.206. The van der Waals surface area contributed by atoms with E-state index < -0.39 is 0 Å². The maximum Gasteiger partial charge on any atom is 0.253 e. The Morgan fingerprint density at radius 2 is 1.53 bits per heavy atom. The lowest BCUT2D eigenvalue weighted by Gasteiger charge is -2.08. The first-order chi connectivity index (χ1) is 8.25. The van der Waals surface area contributed by atoms with Gasteiger partial charge in [0.25, 0.3) is 11.8 Å². The molecule has 1 aromatic rings. The fourth-order valence-corrected chi connectivity index (χ4v) is 1.06. The minimum Gasteiger partial charge on any atom is -0.276 e. The molecule has 2 rings (SSSR count). The van der Waals surface area contributed by atoms with Crippen LogP contribution in [0.3, 0.4) is 0 Å². The van der Waals surface area contributed by atoms with E-state index in [0.717, 1.165) is 0 Å². The number of hydrogen-bond acceptors (Lipinski definition) is 3. The van der Waals surface area contributed by atoms with Gasteiger partial charge in [0.2, 0.25) is 0 Å². The SMILES string of the molecule is CCN1C(=O)C=CC1=O.C[18F].c1ccncc1. The van der Waals surface area contributed by atoms with Gasteiger partial charge in [0.05, 0.1) is 7.18 Å². The van der Waals surface area contributed by atoms with Gasteiger partial charge < -0.3 is 0 Å². The van der Waals surface area contributed by atoms with Gasteiger partial charge in [0.1, 0.15) is 0 Å². The summed E-state index contributed by atoms with van der Waals surface area (Å²) in [7, 11) is 0.500. The van der Waals surface area contributed by atoms with E-state index in [9.17, 15) is 14.0 Å². The molecule has 92 valence electrons. The molecular weight excluding hydrogens is 222 g/mol. The third-order valence-corrected chi connectivity index (χ3v) is 1.78. The van der Waals surface area contributed by atoms with Gasteiger partial charge in [0.15, 0.2) is 0 Å². The average molecular weight is 237 g/mol. The van der Waals surface area contributed by atoms with Gasteiger partial charge in [-0.2, -0.15) is 0 Å². The van der Waals surface area contributed by atoms with Crippen LogP contribution in [0.15, 0.2) is 42.7 Å². The molecule has 2 heterocycles. The zero-order valence-electron chi connectivity index (χ0n) is 9.84. The second-order valence-electron chi connectivity index (χ2n) is 2.78. The predicted octanol–water partition coefficient (Wildman–Crippen LogP) is 1.60. The summed E-state index contributed by atoms with van der Waals surface area (Å²) in [6.45, 7) is 2.23. The largest absolute Gasteiger partial charge is 0.276 e. The van der Waals surface area contributed by atoms with Crippen LogP contribution in [0.4, 0.5) is 4.39 Å². The Labute approximate surface area is 99.8 Å². The second kappa shape index (κ2) is 9.21. The van der Waals surface area contributed by atoms with E-state index in [-0.39, 0.29) is 11.8 Å². The number of amides is 2.